The molecule has 0 unspecified atom stereocenters. The van der Waals surface area contributed by atoms with Gasteiger partial charge in [0.2, 0.25) is 0 Å². The van der Waals surface area contributed by atoms with Gasteiger partial charge in [0.15, 0.2) is 5.82 Å². The monoisotopic (exact) mass is 325 g/mol. The van der Waals surface area contributed by atoms with Crippen LogP contribution in [0, 0.1) is 6.92 Å². The van der Waals surface area contributed by atoms with Gasteiger partial charge in [-0.05, 0) is 37.5 Å². The number of aromatic nitrogens is 3. The first-order valence-corrected chi connectivity index (χ1v) is 8.78. The molecule has 1 saturated heterocycles. The number of ether oxygens (including phenoxy) is 1. The molecule has 23 heavy (non-hydrogen) atoms. The molecule has 3 heterocycles. The van der Waals surface area contributed by atoms with Crippen LogP contribution in [-0.4, -0.2) is 21.4 Å². The molecular formula is C18H19N3OS. The normalized spacial score (nSPS) is 17.7. The van der Waals surface area contributed by atoms with Gasteiger partial charge in [-0.15, -0.1) is 11.3 Å². The Morgan fingerprint density at radius 3 is 2.87 bits per heavy atom. The van der Waals surface area contributed by atoms with Crippen LogP contribution in [0.5, 0.6) is 0 Å². The van der Waals surface area contributed by atoms with Gasteiger partial charge in [0.1, 0.15) is 5.82 Å². The molecule has 0 amide bonds. The maximum absolute atomic E-state index is 5.79. The van der Waals surface area contributed by atoms with Crippen molar-refractivity contribution in [3.63, 3.8) is 0 Å². The zero-order valence-corrected chi connectivity index (χ0v) is 13.9. The van der Waals surface area contributed by atoms with Crippen LogP contribution in [0.4, 0.5) is 0 Å². The van der Waals surface area contributed by atoms with E-state index in [1.807, 2.05) is 17.7 Å². The van der Waals surface area contributed by atoms with Gasteiger partial charge in [0.25, 0.3) is 0 Å². The van der Waals surface area contributed by atoms with E-state index in [-0.39, 0.29) is 6.10 Å². The molecule has 4 nitrogen and oxygen atoms in total. The minimum atomic E-state index is 0.264. The van der Waals surface area contributed by atoms with Gasteiger partial charge in [-0.2, -0.15) is 5.10 Å². The van der Waals surface area contributed by atoms with Crippen LogP contribution >= 0.6 is 11.3 Å². The van der Waals surface area contributed by atoms with Crippen LogP contribution in [0.3, 0.4) is 0 Å². The average molecular weight is 325 g/mol. The van der Waals surface area contributed by atoms with Crippen molar-refractivity contribution in [2.24, 2.45) is 0 Å². The number of nitrogens with zero attached hydrogens (tertiary/aromatic N) is 3. The van der Waals surface area contributed by atoms with E-state index in [4.69, 9.17) is 4.74 Å². The third-order valence-electron chi connectivity index (χ3n) is 4.05. The lowest BCUT2D eigenvalue weighted by Crippen LogP contribution is -2.03. The summed E-state index contributed by atoms with van der Waals surface area (Å²) in [4.78, 5) is 7.09. The Hall–Kier alpha value is -1.98. The van der Waals surface area contributed by atoms with E-state index >= 15 is 0 Å². The van der Waals surface area contributed by atoms with E-state index in [0.29, 0.717) is 0 Å². The lowest BCUT2D eigenvalue weighted by Gasteiger charge is -2.06. The van der Waals surface area contributed by atoms with Crippen LogP contribution in [0.25, 0.3) is 10.7 Å². The third kappa shape index (κ3) is 3.07. The summed E-state index contributed by atoms with van der Waals surface area (Å²) in [6.07, 6.45) is 2.54. The molecule has 1 fully saturated rings. The molecule has 1 atom stereocenters. The van der Waals surface area contributed by atoms with Gasteiger partial charge in [-0.25, -0.2) is 9.67 Å². The Bertz CT molecular complexity index is 788. The molecule has 0 bridgehead atoms. The molecule has 0 saturated carbocycles. The highest BCUT2D eigenvalue weighted by atomic mass is 32.1. The molecule has 0 N–H and O–H groups in total. The molecule has 118 valence electrons. The lowest BCUT2D eigenvalue weighted by atomic mass is 10.2. The summed E-state index contributed by atoms with van der Waals surface area (Å²) in [6.45, 7) is 3.56. The van der Waals surface area contributed by atoms with E-state index in [1.54, 1.807) is 11.3 Å². The predicted octanol–water partition coefficient (Wildman–Crippen LogP) is 4.21. The lowest BCUT2D eigenvalue weighted by molar-refractivity contribution is 0.114. The summed E-state index contributed by atoms with van der Waals surface area (Å²) in [5, 5.41) is 4.57. The van der Waals surface area contributed by atoms with Crippen molar-refractivity contribution in [3.8, 4) is 10.7 Å². The largest absolute Gasteiger partial charge is 0.373 e. The minimum absolute atomic E-state index is 0.264. The highest BCUT2D eigenvalue weighted by Gasteiger charge is 2.21. The second-order valence-electron chi connectivity index (χ2n) is 5.83. The maximum Gasteiger partial charge on any atom is 0.168 e. The SMILES string of the molecule is Cc1nc(-c2ccc([C@H]3CCCO3)s2)n(Cc2ccccc2)n1. The van der Waals surface area contributed by atoms with Crippen LogP contribution in [0.2, 0.25) is 0 Å². The Labute approximate surface area is 139 Å². The van der Waals surface area contributed by atoms with Crippen molar-refractivity contribution in [1.82, 2.24) is 14.8 Å². The molecule has 3 aromatic rings. The van der Waals surface area contributed by atoms with Gasteiger partial charge in [0, 0.05) is 11.5 Å². The standard InChI is InChI=1S/C18H19N3OS/c1-13-19-18(21(20-13)12-14-6-3-2-4-7-14)17-10-9-16(23-17)15-8-5-11-22-15/h2-4,6-7,9-10,15H,5,8,11-12H2,1H3/t15-/m1/s1. The van der Waals surface area contributed by atoms with Crippen LogP contribution in [0.15, 0.2) is 42.5 Å². The molecule has 0 spiro atoms. The van der Waals surface area contributed by atoms with Gasteiger partial charge in [-0.3, -0.25) is 0 Å². The third-order valence-corrected chi connectivity index (χ3v) is 5.22. The van der Waals surface area contributed by atoms with Crippen molar-refractivity contribution >= 4 is 11.3 Å². The van der Waals surface area contributed by atoms with E-state index in [1.165, 1.54) is 10.4 Å². The molecule has 0 radical (unpaired) electrons. The smallest absolute Gasteiger partial charge is 0.168 e. The number of rotatable bonds is 4. The van der Waals surface area contributed by atoms with Crippen molar-refractivity contribution in [1.29, 1.82) is 0 Å². The quantitative estimate of drug-likeness (QED) is 0.721. The summed E-state index contributed by atoms with van der Waals surface area (Å²) < 4.78 is 7.78. The first kappa shape index (κ1) is 14.6. The van der Waals surface area contributed by atoms with Crippen molar-refractivity contribution in [3.05, 3.63) is 58.7 Å². The number of hydrogen-bond acceptors (Lipinski definition) is 4. The van der Waals surface area contributed by atoms with E-state index in [0.717, 1.165) is 42.5 Å². The van der Waals surface area contributed by atoms with Gasteiger partial charge < -0.3 is 4.74 Å². The first-order valence-electron chi connectivity index (χ1n) is 7.97. The maximum atomic E-state index is 5.79. The number of hydrogen-bond donors (Lipinski definition) is 0. The van der Waals surface area contributed by atoms with Crippen molar-refractivity contribution in [2.45, 2.75) is 32.4 Å². The van der Waals surface area contributed by atoms with E-state index in [9.17, 15) is 0 Å². The average Bonchev–Trinajstić information content (AvgIpc) is 3.27. The second kappa shape index (κ2) is 6.26. The summed E-state index contributed by atoms with van der Waals surface area (Å²) in [7, 11) is 0. The van der Waals surface area contributed by atoms with Gasteiger partial charge >= 0.3 is 0 Å². The number of benzene rings is 1. The fourth-order valence-corrected chi connectivity index (χ4v) is 4.04. The fraction of sp³-hybridized carbons (Fsp3) is 0.333. The molecule has 4 rings (SSSR count). The van der Waals surface area contributed by atoms with E-state index < -0.39 is 0 Å². The van der Waals surface area contributed by atoms with Crippen LogP contribution in [0.1, 0.15) is 35.2 Å². The topological polar surface area (TPSA) is 39.9 Å². The fourth-order valence-electron chi connectivity index (χ4n) is 2.95. The first-order chi connectivity index (χ1) is 11.3. The molecule has 1 aromatic carbocycles. The molecule has 1 aliphatic heterocycles. The second-order valence-corrected chi connectivity index (χ2v) is 6.94. The Kier molecular flexibility index (Phi) is 3.97. The Morgan fingerprint density at radius 2 is 2.09 bits per heavy atom. The van der Waals surface area contributed by atoms with Crippen LogP contribution in [-0.2, 0) is 11.3 Å². The number of thiophene rings is 1. The van der Waals surface area contributed by atoms with Crippen LogP contribution < -0.4 is 0 Å². The summed E-state index contributed by atoms with van der Waals surface area (Å²) >= 11 is 1.77. The summed E-state index contributed by atoms with van der Waals surface area (Å²) in [6, 6.07) is 14.7. The van der Waals surface area contributed by atoms with Crippen molar-refractivity contribution < 1.29 is 4.74 Å². The molecule has 1 aliphatic rings. The number of aryl methyl sites for hydroxylation is 1. The Morgan fingerprint density at radius 1 is 1.22 bits per heavy atom. The molecule has 5 heteroatoms. The minimum Gasteiger partial charge on any atom is -0.373 e. The molecule has 0 aliphatic carbocycles. The molecule has 2 aromatic heterocycles. The zero-order chi connectivity index (χ0) is 15.6. The highest BCUT2D eigenvalue weighted by molar-refractivity contribution is 7.15. The Balaban J connectivity index is 1.63. The van der Waals surface area contributed by atoms with Gasteiger partial charge in [0.05, 0.1) is 17.5 Å². The van der Waals surface area contributed by atoms with Crippen molar-refractivity contribution in [2.75, 3.05) is 6.61 Å². The van der Waals surface area contributed by atoms with Gasteiger partial charge in [-0.1, -0.05) is 30.3 Å². The molecular weight excluding hydrogens is 306 g/mol. The summed E-state index contributed by atoms with van der Waals surface area (Å²) in [5.41, 5.74) is 1.23. The summed E-state index contributed by atoms with van der Waals surface area (Å²) in [5.74, 6) is 1.75. The predicted molar refractivity (Wildman–Crippen MR) is 91.5 cm³/mol. The zero-order valence-electron chi connectivity index (χ0n) is 13.1. The van der Waals surface area contributed by atoms with E-state index in [2.05, 4.69) is 46.5 Å². The highest BCUT2D eigenvalue weighted by Crippen LogP contribution is 2.36.